The first-order valence-electron chi connectivity index (χ1n) is 5.28. The van der Waals surface area contributed by atoms with Crippen LogP contribution in [0.1, 0.15) is 0 Å². The third kappa shape index (κ3) is 3.29. The molecule has 0 radical (unpaired) electrons. The second kappa shape index (κ2) is 5.49. The molecule has 6 nitrogen and oxygen atoms in total. The van der Waals surface area contributed by atoms with E-state index in [0.29, 0.717) is 10.6 Å². The highest BCUT2D eigenvalue weighted by Crippen LogP contribution is 2.18. The summed E-state index contributed by atoms with van der Waals surface area (Å²) in [6.45, 7) is 0. The molecule has 2 rings (SSSR count). The Morgan fingerprint density at radius 2 is 1.63 bits per heavy atom. The Hall–Kier alpha value is -2.41. The molecule has 2 aromatic carbocycles. The van der Waals surface area contributed by atoms with Crippen LogP contribution in [0.25, 0.3) is 0 Å². The molecule has 0 aliphatic rings. The number of phenolic OH excluding ortho intramolecular Hbond substituents is 1. The minimum Gasteiger partial charge on any atom is -0.508 e. The monoisotopic (exact) mass is 278 g/mol. The van der Waals surface area contributed by atoms with E-state index in [-0.39, 0.29) is 11.4 Å². The summed E-state index contributed by atoms with van der Waals surface area (Å²) in [5.41, 5.74) is 0.528. The van der Waals surface area contributed by atoms with Gasteiger partial charge in [-0.2, -0.15) is 0 Å². The fourth-order valence-corrected chi connectivity index (χ4v) is 2.24. The highest BCUT2D eigenvalue weighted by Gasteiger charge is 2.08. The normalized spacial score (nSPS) is 11.8. The van der Waals surface area contributed by atoms with Crippen LogP contribution < -0.4 is 4.72 Å². The summed E-state index contributed by atoms with van der Waals surface area (Å²) >= 11 is 0. The van der Waals surface area contributed by atoms with Gasteiger partial charge in [0, 0.05) is 17.8 Å². The van der Waals surface area contributed by atoms with Gasteiger partial charge in [0.15, 0.2) is 0 Å². The minimum atomic E-state index is -1.52. The number of rotatable bonds is 4. The molecule has 0 spiro atoms. The van der Waals surface area contributed by atoms with Gasteiger partial charge in [-0.05, 0) is 36.4 Å². The molecule has 98 valence electrons. The van der Waals surface area contributed by atoms with Crippen molar-refractivity contribution in [2.45, 2.75) is 4.90 Å². The summed E-state index contributed by atoms with van der Waals surface area (Å²) < 4.78 is 14.7. The molecule has 0 aliphatic heterocycles. The molecule has 0 aromatic heterocycles. The third-order valence-corrected chi connectivity index (χ3v) is 3.46. The Bertz CT molecular complexity index is 611. The van der Waals surface area contributed by atoms with Gasteiger partial charge >= 0.3 is 0 Å². The van der Waals surface area contributed by atoms with E-state index >= 15 is 0 Å². The van der Waals surface area contributed by atoms with Crippen molar-refractivity contribution in [1.82, 2.24) is 0 Å². The van der Waals surface area contributed by atoms with Crippen molar-refractivity contribution < 1.29 is 14.2 Å². The molecular weight excluding hydrogens is 268 g/mol. The van der Waals surface area contributed by atoms with Crippen LogP contribution in [0.2, 0.25) is 0 Å². The molecule has 1 atom stereocenters. The van der Waals surface area contributed by atoms with E-state index in [4.69, 9.17) is 5.11 Å². The van der Waals surface area contributed by atoms with Gasteiger partial charge in [-0.3, -0.25) is 10.1 Å². The molecule has 1 unspecified atom stereocenters. The predicted octanol–water partition coefficient (Wildman–Crippen LogP) is 2.44. The van der Waals surface area contributed by atoms with E-state index in [1.54, 1.807) is 12.1 Å². The molecule has 0 amide bonds. The molecule has 0 aliphatic carbocycles. The van der Waals surface area contributed by atoms with Crippen LogP contribution in [-0.2, 0) is 11.0 Å². The van der Waals surface area contributed by atoms with Crippen LogP contribution in [0.3, 0.4) is 0 Å². The van der Waals surface area contributed by atoms with Gasteiger partial charge in [-0.15, -0.1) is 0 Å². The average Bonchev–Trinajstić information content (AvgIpc) is 2.41. The number of nitro groups is 1. The lowest BCUT2D eigenvalue weighted by molar-refractivity contribution is -0.384. The van der Waals surface area contributed by atoms with Crippen LogP contribution >= 0.6 is 0 Å². The highest BCUT2D eigenvalue weighted by atomic mass is 32.2. The Labute approximate surface area is 111 Å². The maximum Gasteiger partial charge on any atom is 0.269 e. The van der Waals surface area contributed by atoms with Gasteiger partial charge < -0.3 is 9.83 Å². The number of hydrogen-bond acceptors (Lipinski definition) is 4. The summed E-state index contributed by atoms with van der Waals surface area (Å²) in [5, 5.41) is 19.6. The van der Waals surface area contributed by atoms with Gasteiger partial charge in [0.2, 0.25) is 0 Å². The largest absolute Gasteiger partial charge is 0.508 e. The van der Waals surface area contributed by atoms with E-state index in [2.05, 4.69) is 4.72 Å². The zero-order valence-corrected chi connectivity index (χ0v) is 10.5. The second-order valence-corrected chi connectivity index (χ2v) is 4.88. The number of nitro benzene ring substituents is 1. The molecule has 0 heterocycles. The van der Waals surface area contributed by atoms with Crippen LogP contribution in [0.5, 0.6) is 5.75 Å². The number of hydrogen-bond donors (Lipinski definition) is 2. The molecule has 0 saturated heterocycles. The molecule has 0 fully saturated rings. The lowest BCUT2D eigenvalue weighted by atomic mass is 10.3. The van der Waals surface area contributed by atoms with Crippen molar-refractivity contribution >= 4 is 22.4 Å². The van der Waals surface area contributed by atoms with Gasteiger partial charge in [0.05, 0.1) is 9.82 Å². The van der Waals surface area contributed by atoms with E-state index in [0.717, 1.165) is 0 Å². The van der Waals surface area contributed by atoms with E-state index in [9.17, 15) is 14.3 Å². The lowest BCUT2D eigenvalue weighted by Gasteiger charge is -2.05. The zero-order valence-electron chi connectivity index (χ0n) is 9.65. The van der Waals surface area contributed by atoms with E-state index in [1.165, 1.54) is 36.4 Å². The quantitative estimate of drug-likeness (QED) is 0.510. The number of phenols is 1. The number of nitrogens with zero attached hydrogens (tertiary/aromatic N) is 1. The minimum absolute atomic E-state index is 0.0506. The Kier molecular flexibility index (Phi) is 3.76. The maximum atomic E-state index is 11.9. The average molecular weight is 278 g/mol. The SMILES string of the molecule is O=[N+]([O-])c1ccc(S(=O)Nc2ccc(O)cc2)cc1. The van der Waals surface area contributed by atoms with E-state index < -0.39 is 15.9 Å². The van der Waals surface area contributed by atoms with Gasteiger partial charge in [-0.1, -0.05) is 0 Å². The maximum absolute atomic E-state index is 11.9. The number of non-ortho nitro benzene ring substituents is 1. The first-order valence-corrected chi connectivity index (χ1v) is 6.43. The first-order chi connectivity index (χ1) is 9.06. The summed E-state index contributed by atoms with van der Waals surface area (Å²) in [6.07, 6.45) is 0. The summed E-state index contributed by atoms with van der Waals surface area (Å²) in [5.74, 6) is 0.117. The van der Waals surface area contributed by atoms with Crippen molar-refractivity contribution in [1.29, 1.82) is 0 Å². The van der Waals surface area contributed by atoms with Gasteiger partial charge in [-0.25, -0.2) is 4.21 Å². The summed E-state index contributed by atoms with van der Waals surface area (Å²) in [7, 11) is -1.52. The predicted molar refractivity (Wildman–Crippen MR) is 71.2 cm³/mol. The molecule has 19 heavy (non-hydrogen) atoms. The van der Waals surface area contributed by atoms with Crippen LogP contribution in [0.4, 0.5) is 11.4 Å². The van der Waals surface area contributed by atoms with Crippen molar-refractivity contribution in [3.8, 4) is 5.75 Å². The van der Waals surface area contributed by atoms with Crippen molar-refractivity contribution in [2.24, 2.45) is 0 Å². The zero-order chi connectivity index (χ0) is 13.8. The second-order valence-electron chi connectivity index (χ2n) is 3.67. The number of benzene rings is 2. The third-order valence-electron chi connectivity index (χ3n) is 2.34. The van der Waals surface area contributed by atoms with E-state index in [1.807, 2.05) is 0 Å². The summed E-state index contributed by atoms with van der Waals surface area (Å²) in [6, 6.07) is 11.6. The van der Waals surface area contributed by atoms with Crippen LogP contribution in [-0.4, -0.2) is 14.2 Å². The van der Waals surface area contributed by atoms with Crippen LogP contribution in [0.15, 0.2) is 53.4 Å². The van der Waals surface area contributed by atoms with Gasteiger partial charge in [0.25, 0.3) is 5.69 Å². The van der Waals surface area contributed by atoms with Crippen LogP contribution in [0, 0.1) is 10.1 Å². The number of nitrogens with one attached hydrogen (secondary N) is 1. The smallest absolute Gasteiger partial charge is 0.269 e. The topological polar surface area (TPSA) is 92.5 Å². The number of anilines is 1. The molecule has 0 saturated carbocycles. The highest BCUT2D eigenvalue weighted by molar-refractivity contribution is 7.86. The molecule has 7 heteroatoms. The van der Waals surface area contributed by atoms with Crippen molar-refractivity contribution in [2.75, 3.05) is 4.72 Å². The van der Waals surface area contributed by atoms with Gasteiger partial charge in [0.1, 0.15) is 16.7 Å². The standard InChI is InChI=1S/C12H10N2O4S/c15-11-5-1-9(2-6-11)13-19(18)12-7-3-10(4-8-12)14(16)17/h1-8,13,15H. The molecular formula is C12H10N2O4S. The molecule has 0 bridgehead atoms. The molecule has 2 aromatic rings. The number of aromatic hydroxyl groups is 1. The molecule has 2 N–H and O–H groups in total. The van der Waals surface area contributed by atoms with Crippen molar-refractivity contribution in [3.05, 3.63) is 58.6 Å². The Morgan fingerprint density at radius 1 is 1.05 bits per heavy atom. The Morgan fingerprint density at radius 3 is 2.16 bits per heavy atom. The Balaban J connectivity index is 2.11. The lowest BCUT2D eigenvalue weighted by Crippen LogP contribution is -2.04. The van der Waals surface area contributed by atoms with Crippen molar-refractivity contribution in [3.63, 3.8) is 0 Å². The summed E-state index contributed by atoms with van der Waals surface area (Å²) in [4.78, 5) is 10.4. The fourth-order valence-electron chi connectivity index (χ4n) is 1.39. The first kappa shape index (κ1) is 13.0. The fraction of sp³-hybridized carbons (Fsp3) is 0.